The van der Waals surface area contributed by atoms with E-state index < -0.39 is 6.09 Å². The van der Waals surface area contributed by atoms with Gasteiger partial charge < -0.3 is 9.47 Å². The maximum Gasteiger partial charge on any atom is 0.424 e. The van der Waals surface area contributed by atoms with Gasteiger partial charge in [0, 0.05) is 10.5 Å². The number of anilines is 2. The van der Waals surface area contributed by atoms with Crippen molar-refractivity contribution in [2.45, 2.75) is 0 Å². The second kappa shape index (κ2) is 9.37. The molecule has 0 aliphatic carbocycles. The van der Waals surface area contributed by atoms with Crippen LogP contribution in [0.25, 0.3) is 6.08 Å². The van der Waals surface area contributed by atoms with Gasteiger partial charge in [0.05, 0.1) is 16.9 Å². The van der Waals surface area contributed by atoms with E-state index in [9.17, 15) is 9.59 Å². The van der Waals surface area contributed by atoms with Crippen LogP contribution in [0.2, 0.25) is 0 Å². The van der Waals surface area contributed by atoms with Gasteiger partial charge in [0.25, 0.3) is 0 Å². The van der Waals surface area contributed by atoms with Crippen molar-refractivity contribution in [3.8, 4) is 11.5 Å². The zero-order valence-electron chi connectivity index (χ0n) is 17.9. The van der Waals surface area contributed by atoms with Crippen molar-refractivity contribution in [3.05, 3.63) is 124 Å². The summed E-state index contributed by atoms with van der Waals surface area (Å²) in [7, 11) is 0. The lowest BCUT2D eigenvalue weighted by Gasteiger charge is -2.22. The summed E-state index contributed by atoms with van der Waals surface area (Å²) in [6.07, 6.45) is 1.11. The van der Waals surface area contributed by atoms with Crippen LogP contribution in [-0.2, 0) is 0 Å². The van der Waals surface area contributed by atoms with E-state index in [1.54, 1.807) is 24.3 Å². The third-order valence-electron chi connectivity index (χ3n) is 5.23. The van der Waals surface area contributed by atoms with E-state index in [0.29, 0.717) is 22.7 Å². The molecule has 0 saturated heterocycles. The largest absolute Gasteiger partial charge is 0.452 e. The molecule has 0 atom stereocenters. The van der Waals surface area contributed by atoms with Gasteiger partial charge in [-0.05, 0) is 60.2 Å². The van der Waals surface area contributed by atoms with Gasteiger partial charge in [-0.3, -0.25) is 4.79 Å². The van der Waals surface area contributed by atoms with Crippen molar-refractivity contribution in [2.75, 3.05) is 4.90 Å². The molecule has 4 aromatic rings. The lowest BCUT2D eigenvalue weighted by molar-refractivity contribution is 0.101. The van der Waals surface area contributed by atoms with E-state index in [4.69, 9.17) is 9.47 Å². The summed E-state index contributed by atoms with van der Waals surface area (Å²) in [5, 5.41) is 0. The van der Waals surface area contributed by atoms with E-state index in [2.05, 4.69) is 15.9 Å². The fourth-order valence-corrected chi connectivity index (χ4v) is 3.87. The highest BCUT2D eigenvalue weighted by atomic mass is 79.9. The van der Waals surface area contributed by atoms with Crippen LogP contribution in [-0.4, -0.2) is 11.9 Å². The molecule has 0 N–H and O–H groups in total. The second-order valence-corrected chi connectivity index (χ2v) is 8.44. The van der Waals surface area contributed by atoms with Crippen LogP contribution >= 0.6 is 15.9 Å². The molecular weight excluding hydrogens is 494 g/mol. The van der Waals surface area contributed by atoms with E-state index in [0.717, 1.165) is 10.0 Å². The average Bonchev–Trinajstić information content (AvgIpc) is 3.16. The molecule has 5 nitrogen and oxygen atoms in total. The Morgan fingerprint density at radius 1 is 0.824 bits per heavy atom. The molecule has 166 valence electrons. The Bertz CT molecular complexity index is 1340. The average molecular weight is 512 g/mol. The van der Waals surface area contributed by atoms with Crippen LogP contribution in [0, 0.1) is 0 Å². The number of hydrogen-bond donors (Lipinski definition) is 0. The highest BCUT2D eigenvalue weighted by Gasteiger charge is 2.28. The van der Waals surface area contributed by atoms with Crippen molar-refractivity contribution in [1.29, 1.82) is 0 Å². The molecule has 0 bridgehead atoms. The number of ketones is 1. The lowest BCUT2D eigenvalue weighted by atomic mass is 10.1. The lowest BCUT2D eigenvalue weighted by Crippen LogP contribution is -2.29. The predicted octanol–water partition coefficient (Wildman–Crippen LogP) is 7.40. The molecule has 0 unspecified atom stereocenters. The first kappa shape index (κ1) is 21.7. The number of benzene rings is 4. The Kier molecular flexibility index (Phi) is 5.97. The van der Waals surface area contributed by atoms with E-state index >= 15 is 0 Å². The van der Waals surface area contributed by atoms with Crippen molar-refractivity contribution >= 4 is 45.3 Å². The summed E-state index contributed by atoms with van der Waals surface area (Å²) in [5.74, 6) is 0.630. The normalized spacial score (nSPS) is 13.3. The molecule has 6 heteroatoms. The minimum atomic E-state index is -0.577. The minimum Gasteiger partial charge on any atom is -0.452 e. The Morgan fingerprint density at radius 2 is 1.44 bits per heavy atom. The van der Waals surface area contributed by atoms with Gasteiger partial charge >= 0.3 is 6.09 Å². The van der Waals surface area contributed by atoms with Gasteiger partial charge in [0.15, 0.2) is 5.76 Å². The number of rotatable bonds is 4. The van der Waals surface area contributed by atoms with E-state index in [-0.39, 0.29) is 17.3 Å². The summed E-state index contributed by atoms with van der Waals surface area (Å²) in [6.45, 7) is 0. The zero-order valence-corrected chi connectivity index (χ0v) is 19.4. The van der Waals surface area contributed by atoms with Crippen LogP contribution in [0.1, 0.15) is 15.9 Å². The van der Waals surface area contributed by atoms with Gasteiger partial charge in [-0.2, -0.15) is 0 Å². The molecule has 5 rings (SSSR count). The number of carbonyl (C=O) groups excluding carboxylic acids is 2. The number of para-hydroxylation sites is 2. The number of ether oxygens (including phenoxy) is 2. The summed E-state index contributed by atoms with van der Waals surface area (Å²) < 4.78 is 12.4. The standard InChI is InChI=1S/C28H18BrNO4/c29-20-13-11-19(12-14-20)17-26-27(31)24-16-15-23(18-25(24)34-26)33-28(32)30(21-7-3-1-4-8-21)22-9-5-2-6-10-22/h1-18H. The van der Waals surface area contributed by atoms with Crippen LogP contribution < -0.4 is 14.4 Å². The molecule has 4 aromatic carbocycles. The predicted molar refractivity (Wildman–Crippen MR) is 135 cm³/mol. The summed E-state index contributed by atoms with van der Waals surface area (Å²) in [6, 6.07) is 30.8. The maximum absolute atomic E-state index is 13.2. The first-order valence-corrected chi connectivity index (χ1v) is 11.3. The molecule has 1 aliphatic rings. The molecule has 0 aromatic heterocycles. The molecular formula is C28H18BrNO4. The number of allylic oxidation sites excluding steroid dienone is 1. The number of carbonyl (C=O) groups is 2. The van der Waals surface area contributed by atoms with E-state index in [1.165, 1.54) is 4.90 Å². The second-order valence-electron chi connectivity index (χ2n) is 7.52. The minimum absolute atomic E-state index is 0.217. The highest BCUT2D eigenvalue weighted by Crippen LogP contribution is 2.36. The Labute approximate surface area is 205 Å². The van der Waals surface area contributed by atoms with Gasteiger partial charge in [-0.15, -0.1) is 0 Å². The van der Waals surface area contributed by atoms with Crippen molar-refractivity contribution in [2.24, 2.45) is 0 Å². The fourth-order valence-electron chi connectivity index (χ4n) is 3.60. The molecule has 1 aliphatic heterocycles. The Morgan fingerprint density at radius 3 is 2.06 bits per heavy atom. The Hall–Kier alpha value is -4.16. The number of fused-ring (bicyclic) bond motifs is 1. The Balaban J connectivity index is 1.40. The van der Waals surface area contributed by atoms with Crippen LogP contribution in [0.3, 0.4) is 0 Å². The number of hydrogen-bond acceptors (Lipinski definition) is 4. The fraction of sp³-hybridized carbons (Fsp3) is 0. The molecule has 0 radical (unpaired) electrons. The first-order valence-electron chi connectivity index (χ1n) is 10.5. The van der Waals surface area contributed by atoms with Gasteiger partial charge in [0.2, 0.25) is 5.78 Å². The van der Waals surface area contributed by atoms with Gasteiger partial charge in [-0.25, -0.2) is 9.69 Å². The topological polar surface area (TPSA) is 55.8 Å². The number of amides is 1. The summed E-state index contributed by atoms with van der Waals surface area (Å²) in [4.78, 5) is 27.4. The van der Waals surface area contributed by atoms with Crippen molar-refractivity contribution in [1.82, 2.24) is 0 Å². The van der Waals surface area contributed by atoms with Crippen molar-refractivity contribution < 1.29 is 19.1 Å². The van der Waals surface area contributed by atoms with E-state index in [1.807, 2.05) is 84.9 Å². The molecule has 34 heavy (non-hydrogen) atoms. The summed E-state index contributed by atoms with van der Waals surface area (Å²) in [5.41, 5.74) is 2.61. The smallest absolute Gasteiger partial charge is 0.424 e. The van der Waals surface area contributed by atoms with Gasteiger partial charge in [-0.1, -0.05) is 64.5 Å². The third-order valence-corrected chi connectivity index (χ3v) is 5.75. The van der Waals surface area contributed by atoms with Gasteiger partial charge in [0.1, 0.15) is 11.5 Å². The first-order chi connectivity index (χ1) is 16.6. The highest BCUT2D eigenvalue weighted by molar-refractivity contribution is 9.10. The SMILES string of the molecule is O=C1C(=Cc2ccc(Br)cc2)Oc2cc(OC(=O)N(c3ccccc3)c3ccccc3)ccc21. The summed E-state index contributed by atoms with van der Waals surface area (Å²) >= 11 is 3.40. The zero-order chi connectivity index (χ0) is 23.5. The van der Waals surface area contributed by atoms with Crippen LogP contribution in [0.4, 0.5) is 16.2 Å². The molecule has 0 spiro atoms. The third kappa shape index (κ3) is 4.49. The molecule has 0 fully saturated rings. The van der Waals surface area contributed by atoms with Crippen LogP contribution in [0.15, 0.2) is 113 Å². The van der Waals surface area contributed by atoms with Crippen LogP contribution in [0.5, 0.6) is 11.5 Å². The number of Topliss-reactive ketones (excluding diaryl/α,β-unsaturated/α-hetero) is 1. The number of halogens is 1. The molecule has 0 saturated carbocycles. The molecule has 1 amide bonds. The van der Waals surface area contributed by atoms with Crippen molar-refractivity contribution in [3.63, 3.8) is 0 Å². The quantitative estimate of drug-likeness (QED) is 0.268. The molecule has 1 heterocycles. The maximum atomic E-state index is 13.2. The number of nitrogens with zero attached hydrogens (tertiary/aromatic N) is 1. The monoisotopic (exact) mass is 511 g/mol.